The molecule has 10 rings (SSSR count). The van der Waals surface area contributed by atoms with Crippen LogP contribution in [-0.4, -0.2) is 20.2 Å². The van der Waals surface area contributed by atoms with E-state index in [0.717, 1.165) is 99.3 Å². The second-order valence-corrected chi connectivity index (χ2v) is 18.5. The molecule has 0 atom stereocenters. The van der Waals surface area contributed by atoms with Crippen LogP contribution in [0.15, 0.2) is 170 Å². The molecule has 0 saturated carbocycles. The van der Waals surface area contributed by atoms with Gasteiger partial charge in [-0.25, -0.2) is 9.97 Å². The molecule has 2 aromatic heterocycles. The summed E-state index contributed by atoms with van der Waals surface area (Å²) in [4.78, 5) is 10.8. The summed E-state index contributed by atoms with van der Waals surface area (Å²) in [5.74, 6) is 0.402. The Morgan fingerprint density at radius 3 is 1.11 bits per heavy atom. The first-order valence-electron chi connectivity index (χ1n) is 21.4. The van der Waals surface area contributed by atoms with Gasteiger partial charge in [-0.3, -0.25) is 0 Å². The topological polar surface area (TPSA) is 66.2 Å². The second-order valence-electron chi connectivity index (χ2n) is 18.5. The van der Waals surface area contributed by atoms with Gasteiger partial charge in [0.25, 0.3) is 0 Å². The number of benzene rings is 8. The van der Waals surface area contributed by atoms with Crippen LogP contribution in [0.1, 0.15) is 52.7 Å². The first-order valence-corrected chi connectivity index (χ1v) is 21.4. The summed E-state index contributed by atoms with van der Waals surface area (Å²) in [5.41, 5.74) is 11.8. The molecule has 2 N–H and O–H groups in total. The number of fused-ring (bicyclic) bond motifs is 4. The Labute approximate surface area is 362 Å². The third-order valence-corrected chi connectivity index (χ3v) is 12.4. The van der Waals surface area contributed by atoms with Gasteiger partial charge in [0.1, 0.15) is 22.5 Å². The fraction of sp³-hybridized carbons (Fsp3) is 0.138. The van der Waals surface area contributed by atoms with E-state index < -0.39 is 0 Å². The predicted octanol–water partition coefficient (Wildman–Crippen LogP) is 15.4. The minimum absolute atomic E-state index is 0.201. The molecule has 0 spiro atoms. The fourth-order valence-corrected chi connectivity index (χ4v) is 9.22. The van der Waals surface area contributed by atoms with Crippen LogP contribution in [0, 0.1) is 0 Å². The third-order valence-electron chi connectivity index (χ3n) is 12.4. The largest absolute Gasteiger partial charge is 0.505 e. The van der Waals surface area contributed by atoms with Crippen molar-refractivity contribution in [1.82, 2.24) is 9.97 Å². The van der Waals surface area contributed by atoms with E-state index in [0.29, 0.717) is 11.0 Å². The number of hydrogen-bond donors (Lipinski definition) is 2. The summed E-state index contributed by atoms with van der Waals surface area (Å²) in [6.07, 6.45) is 0. The van der Waals surface area contributed by atoms with Crippen LogP contribution in [-0.2, 0) is 10.8 Å². The van der Waals surface area contributed by atoms with Gasteiger partial charge in [0.15, 0.2) is 0 Å². The van der Waals surface area contributed by atoms with Crippen molar-refractivity contribution in [2.24, 2.45) is 0 Å². The zero-order valence-electron chi connectivity index (χ0n) is 36.0. The van der Waals surface area contributed by atoms with Crippen LogP contribution in [0.5, 0.6) is 11.5 Å². The van der Waals surface area contributed by atoms with E-state index >= 15 is 0 Å². The van der Waals surface area contributed by atoms with Gasteiger partial charge in [0, 0.05) is 44.2 Å². The van der Waals surface area contributed by atoms with Gasteiger partial charge in [-0.05, 0) is 91.0 Å². The number of phenols is 2. The quantitative estimate of drug-likeness (QED) is 0.182. The molecule has 0 fully saturated rings. The summed E-state index contributed by atoms with van der Waals surface area (Å²) in [5, 5.41) is 30.3. The molecule has 0 bridgehead atoms. The number of pyridine rings is 2. The molecule has 62 heavy (non-hydrogen) atoms. The smallest absolute Gasteiger partial charge is 0.145 e. The van der Waals surface area contributed by atoms with Gasteiger partial charge in [-0.15, -0.1) is 0 Å². The number of hydrogen-bond acceptors (Lipinski definition) is 4. The number of nitrogens with zero attached hydrogens (tertiary/aromatic N) is 2. The molecule has 4 nitrogen and oxygen atoms in total. The Kier molecular flexibility index (Phi) is 9.22. The van der Waals surface area contributed by atoms with Crippen molar-refractivity contribution >= 4 is 43.4 Å². The predicted molar refractivity (Wildman–Crippen MR) is 260 cm³/mol. The lowest BCUT2D eigenvalue weighted by atomic mass is 9.82. The zero-order valence-corrected chi connectivity index (χ0v) is 36.0. The Hall–Kier alpha value is -7.30. The van der Waals surface area contributed by atoms with E-state index in [-0.39, 0.29) is 22.3 Å². The maximum atomic E-state index is 12.1. The molecule has 302 valence electrons. The molecule has 10 aromatic rings. The van der Waals surface area contributed by atoms with Crippen LogP contribution in [0.4, 0.5) is 0 Å². The van der Waals surface area contributed by atoms with Gasteiger partial charge >= 0.3 is 0 Å². The minimum Gasteiger partial charge on any atom is -0.505 e. The second kappa shape index (κ2) is 14.7. The number of phenolic OH excluding ortho intramolecular Hbond substituents is 2. The molecule has 0 aliphatic carbocycles. The molecule has 0 amide bonds. The van der Waals surface area contributed by atoms with Crippen molar-refractivity contribution in [2.45, 2.75) is 52.4 Å². The van der Waals surface area contributed by atoms with E-state index in [1.807, 2.05) is 36.4 Å². The van der Waals surface area contributed by atoms with Crippen LogP contribution in [0.25, 0.3) is 99.2 Å². The van der Waals surface area contributed by atoms with Crippen molar-refractivity contribution in [2.75, 3.05) is 0 Å². The maximum Gasteiger partial charge on any atom is 0.145 e. The van der Waals surface area contributed by atoms with Crippen LogP contribution in [0.2, 0.25) is 0 Å². The molecule has 2 heterocycles. The van der Waals surface area contributed by atoms with Gasteiger partial charge in [-0.1, -0.05) is 175 Å². The average molecular weight is 805 g/mol. The zero-order chi connectivity index (χ0) is 42.9. The van der Waals surface area contributed by atoms with Gasteiger partial charge in [-0.2, -0.15) is 0 Å². The lowest BCUT2D eigenvalue weighted by Crippen LogP contribution is -2.12. The lowest BCUT2D eigenvalue weighted by molar-refractivity contribution is 0.451. The highest BCUT2D eigenvalue weighted by atomic mass is 16.3. The van der Waals surface area contributed by atoms with E-state index in [9.17, 15) is 10.2 Å². The number of aromatic nitrogens is 2. The van der Waals surface area contributed by atoms with Crippen LogP contribution >= 0.6 is 0 Å². The molecular formula is C58H48N2O2. The van der Waals surface area contributed by atoms with E-state index in [4.69, 9.17) is 9.97 Å². The van der Waals surface area contributed by atoms with Crippen molar-refractivity contribution in [3.63, 3.8) is 0 Å². The van der Waals surface area contributed by atoms with Crippen molar-refractivity contribution in [3.05, 3.63) is 181 Å². The van der Waals surface area contributed by atoms with Crippen LogP contribution < -0.4 is 0 Å². The van der Waals surface area contributed by atoms with E-state index in [1.165, 1.54) is 0 Å². The highest BCUT2D eigenvalue weighted by molar-refractivity contribution is 6.15. The monoisotopic (exact) mass is 804 g/mol. The molecule has 0 aliphatic rings. The first kappa shape index (κ1) is 38.9. The van der Waals surface area contributed by atoms with Crippen molar-refractivity contribution in [1.29, 1.82) is 0 Å². The molecular weight excluding hydrogens is 757 g/mol. The van der Waals surface area contributed by atoms with Crippen molar-refractivity contribution < 1.29 is 10.2 Å². The van der Waals surface area contributed by atoms with Gasteiger partial charge in [0.05, 0.1) is 11.4 Å². The number of aromatic hydroxyl groups is 2. The van der Waals surface area contributed by atoms with E-state index in [2.05, 4.69) is 175 Å². The maximum absolute atomic E-state index is 12.1. The van der Waals surface area contributed by atoms with Gasteiger partial charge < -0.3 is 10.2 Å². The summed E-state index contributed by atoms with van der Waals surface area (Å²) in [6, 6.07) is 59.0. The molecule has 0 saturated heterocycles. The molecule has 8 aromatic carbocycles. The number of rotatable bonds is 5. The molecule has 4 heteroatoms. The molecule has 0 aliphatic heterocycles. The van der Waals surface area contributed by atoms with Gasteiger partial charge in [0.2, 0.25) is 0 Å². The Morgan fingerprint density at radius 1 is 0.355 bits per heavy atom. The summed E-state index contributed by atoms with van der Waals surface area (Å²) in [7, 11) is 0. The average Bonchev–Trinajstić information content (AvgIpc) is 3.28. The highest BCUT2D eigenvalue weighted by Crippen LogP contribution is 2.49. The Morgan fingerprint density at radius 2 is 0.726 bits per heavy atom. The lowest BCUT2D eigenvalue weighted by Gasteiger charge is -2.24. The highest BCUT2D eigenvalue weighted by Gasteiger charge is 2.27. The standard InChI is InChI=1S/C58H48N2O2/c1-57(2,3)47-33-45(35-17-9-7-10-18-35)41-29-31-49(59-53(41)55(47)61)43-27-25-37-21-13-15-23-39(37)51(43)52-40-24-16-14-22-38(40)26-28-44(52)50-32-30-42-46(36-19-11-8-12-20-36)34-48(58(4,5)6)56(62)54(42)60-50/h7-34,61-62H,1-6H3. The van der Waals surface area contributed by atoms with E-state index in [1.54, 1.807) is 0 Å². The third kappa shape index (κ3) is 6.55. The SMILES string of the molecule is CC(C)(C)c1cc(-c2ccccc2)c2ccc(-c3ccc4ccccc4c3-c3c(-c4ccc5c(-c6ccccc6)cc(C(C)(C)C)c(O)c5n4)ccc4ccccc34)nc2c1O. The first-order chi connectivity index (χ1) is 29.9. The fourth-order valence-electron chi connectivity index (χ4n) is 9.22. The summed E-state index contributed by atoms with van der Waals surface area (Å²) < 4.78 is 0. The Bertz CT molecular complexity index is 3150. The summed E-state index contributed by atoms with van der Waals surface area (Å²) >= 11 is 0. The van der Waals surface area contributed by atoms with Crippen molar-refractivity contribution in [3.8, 4) is 67.4 Å². The minimum atomic E-state index is -0.331. The molecule has 0 unspecified atom stereocenters. The van der Waals surface area contributed by atoms with Crippen LogP contribution in [0.3, 0.4) is 0 Å². The summed E-state index contributed by atoms with van der Waals surface area (Å²) in [6.45, 7) is 12.8. The Balaban J connectivity index is 1.28. The normalized spacial score (nSPS) is 12.2. The molecule has 0 radical (unpaired) electrons.